The molecule has 0 radical (unpaired) electrons. The predicted molar refractivity (Wildman–Crippen MR) is 62.5 cm³/mol. The topological polar surface area (TPSA) is 46.2 Å². The molecule has 1 rings (SSSR count). The number of nitrogens with two attached hydrogens (primary N) is 1. The molecule has 2 nitrogen and oxygen atoms in total. The third kappa shape index (κ3) is 3.00. The van der Waals surface area contributed by atoms with E-state index in [0.29, 0.717) is 0 Å². The van der Waals surface area contributed by atoms with E-state index in [1.165, 1.54) is 0 Å². The van der Waals surface area contributed by atoms with Gasteiger partial charge in [-0.25, -0.2) is 0 Å². The van der Waals surface area contributed by atoms with Crippen LogP contribution in [0.5, 0.6) is 5.75 Å². The van der Waals surface area contributed by atoms with Gasteiger partial charge in [-0.1, -0.05) is 0 Å². The molecular weight excluding hydrogens is 242 g/mol. The second-order valence-corrected chi connectivity index (χ2v) is 5.25. The average molecular weight is 258 g/mol. The van der Waals surface area contributed by atoms with Crippen LogP contribution in [0.4, 0.5) is 0 Å². The lowest BCUT2D eigenvalue weighted by atomic mass is 9.93. The summed E-state index contributed by atoms with van der Waals surface area (Å²) in [4.78, 5) is 0. The average Bonchev–Trinajstić information content (AvgIpc) is 1.97. The van der Waals surface area contributed by atoms with Crippen LogP contribution in [0.1, 0.15) is 25.0 Å². The largest absolute Gasteiger partial charge is 0.507 e. The smallest absolute Gasteiger partial charge is 0.130 e. The molecule has 78 valence electrons. The van der Waals surface area contributed by atoms with Crippen LogP contribution in [0.25, 0.3) is 0 Å². The Kier molecular flexibility index (Phi) is 3.22. The summed E-state index contributed by atoms with van der Waals surface area (Å²) >= 11 is 3.28. The Labute approximate surface area is 93.3 Å². The van der Waals surface area contributed by atoms with E-state index >= 15 is 0 Å². The van der Waals surface area contributed by atoms with Crippen molar-refractivity contribution in [2.75, 3.05) is 0 Å². The molecule has 0 aliphatic carbocycles. The molecule has 0 unspecified atom stereocenters. The number of hydrogen-bond donors (Lipinski definition) is 2. The van der Waals surface area contributed by atoms with Crippen LogP contribution in [-0.4, -0.2) is 10.6 Å². The van der Waals surface area contributed by atoms with E-state index in [2.05, 4.69) is 15.9 Å². The van der Waals surface area contributed by atoms with E-state index in [9.17, 15) is 5.11 Å². The van der Waals surface area contributed by atoms with Gasteiger partial charge < -0.3 is 10.8 Å². The minimum atomic E-state index is -0.245. The number of aryl methyl sites for hydroxylation is 1. The number of phenols is 1. The predicted octanol–water partition coefficient (Wildman–Crippen LogP) is 2.74. The molecule has 0 saturated heterocycles. The van der Waals surface area contributed by atoms with Gasteiger partial charge in [0.05, 0.1) is 4.47 Å². The van der Waals surface area contributed by atoms with Gasteiger partial charge in [0.15, 0.2) is 0 Å². The Morgan fingerprint density at radius 1 is 1.43 bits per heavy atom. The summed E-state index contributed by atoms with van der Waals surface area (Å²) in [5.74, 6) is 0.273. The van der Waals surface area contributed by atoms with Gasteiger partial charge in [-0.05, 0) is 66.4 Å². The Balaban J connectivity index is 3.04. The van der Waals surface area contributed by atoms with Crippen molar-refractivity contribution in [2.45, 2.75) is 32.7 Å². The van der Waals surface area contributed by atoms with Gasteiger partial charge in [0.1, 0.15) is 5.75 Å². The molecule has 0 aliphatic heterocycles. The third-order valence-corrected chi connectivity index (χ3v) is 2.69. The number of aromatic hydroxyl groups is 1. The van der Waals surface area contributed by atoms with E-state index in [0.717, 1.165) is 22.0 Å². The zero-order valence-electron chi connectivity index (χ0n) is 8.76. The molecular formula is C11H16BrNO. The maximum Gasteiger partial charge on any atom is 0.130 e. The maximum absolute atomic E-state index is 9.53. The fourth-order valence-electron chi connectivity index (χ4n) is 1.39. The van der Waals surface area contributed by atoms with Gasteiger partial charge in [0.2, 0.25) is 0 Å². The minimum absolute atomic E-state index is 0.245. The normalized spacial score (nSPS) is 11.8. The summed E-state index contributed by atoms with van der Waals surface area (Å²) in [6.45, 7) is 5.97. The molecule has 3 heteroatoms. The number of hydrogen-bond acceptors (Lipinski definition) is 2. The van der Waals surface area contributed by atoms with Crippen LogP contribution in [0.15, 0.2) is 16.6 Å². The molecule has 0 aromatic heterocycles. The summed E-state index contributed by atoms with van der Waals surface area (Å²) in [5, 5.41) is 9.53. The van der Waals surface area contributed by atoms with Gasteiger partial charge >= 0.3 is 0 Å². The Hall–Kier alpha value is -0.540. The van der Waals surface area contributed by atoms with Crippen molar-refractivity contribution in [2.24, 2.45) is 5.73 Å². The summed E-state index contributed by atoms with van der Waals surface area (Å²) in [6.07, 6.45) is 0.764. The highest BCUT2D eigenvalue weighted by Gasteiger charge is 2.14. The van der Waals surface area contributed by atoms with Gasteiger partial charge in [-0.3, -0.25) is 0 Å². The van der Waals surface area contributed by atoms with E-state index < -0.39 is 0 Å². The number of halogens is 1. The molecule has 1 aromatic rings. The molecule has 0 heterocycles. The Morgan fingerprint density at radius 3 is 2.50 bits per heavy atom. The summed E-state index contributed by atoms with van der Waals surface area (Å²) < 4.78 is 0.730. The highest BCUT2D eigenvalue weighted by molar-refractivity contribution is 9.10. The number of rotatable bonds is 2. The first-order chi connectivity index (χ1) is 6.29. The van der Waals surface area contributed by atoms with Crippen LogP contribution < -0.4 is 5.73 Å². The van der Waals surface area contributed by atoms with Crippen molar-refractivity contribution in [1.82, 2.24) is 0 Å². The molecule has 3 N–H and O–H groups in total. The van der Waals surface area contributed by atoms with Gasteiger partial charge in [-0.2, -0.15) is 0 Å². The quantitative estimate of drug-likeness (QED) is 0.856. The maximum atomic E-state index is 9.53. The molecule has 0 aliphatic rings. The van der Waals surface area contributed by atoms with Crippen LogP contribution in [0.2, 0.25) is 0 Å². The SMILES string of the molecule is Cc1cc(Br)c(O)cc1CC(C)(C)N. The molecule has 0 saturated carbocycles. The third-order valence-electron chi connectivity index (χ3n) is 2.05. The van der Waals surface area contributed by atoms with Gasteiger partial charge in [0, 0.05) is 5.54 Å². The molecule has 0 atom stereocenters. The van der Waals surface area contributed by atoms with Crippen molar-refractivity contribution < 1.29 is 5.11 Å². The molecule has 14 heavy (non-hydrogen) atoms. The zero-order valence-corrected chi connectivity index (χ0v) is 10.4. The second kappa shape index (κ2) is 3.91. The van der Waals surface area contributed by atoms with Crippen molar-refractivity contribution in [3.63, 3.8) is 0 Å². The molecule has 0 amide bonds. The highest BCUT2D eigenvalue weighted by atomic mass is 79.9. The van der Waals surface area contributed by atoms with Crippen LogP contribution in [0, 0.1) is 6.92 Å². The number of phenolic OH excluding ortho intramolecular Hbond substituents is 1. The first-order valence-corrected chi connectivity index (χ1v) is 5.36. The van der Waals surface area contributed by atoms with E-state index in [4.69, 9.17) is 5.73 Å². The van der Waals surface area contributed by atoms with E-state index in [-0.39, 0.29) is 11.3 Å². The Bertz CT molecular complexity index is 342. The van der Waals surface area contributed by atoms with Crippen molar-refractivity contribution in [3.05, 3.63) is 27.7 Å². The molecule has 0 spiro atoms. The van der Waals surface area contributed by atoms with Gasteiger partial charge in [-0.15, -0.1) is 0 Å². The minimum Gasteiger partial charge on any atom is -0.507 e. The lowest BCUT2D eigenvalue weighted by Gasteiger charge is -2.20. The Morgan fingerprint density at radius 2 is 2.00 bits per heavy atom. The van der Waals surface area contributed by atoms with Crippen molar-refractivity contribution >= 4 is 15.9 Å². The molecule has 1 aromatic carbocycles. The van der Waals surface area contributed by atoms with Crippen molar-refractivity contribution in [1.29, 1.82) is 0 Å². The lowest BCUT2D eigenvalue weighted by molar-refractivity contribution is 0.467. The van der Waals surface area contributed by atoms with E-state index in [1.807, 2.05) is 26.8 Å². The first-order valence-electron chi connectivity index (χ1n) is 4.56. The number of benzene rings is 1. The summed E-state index contributed by atoms with van der Waals surface area (Å²) in [7, 11) is 0. The molecule has 0 bridgehead atoms. The van der Waals surface area contributed by atoms with Crippen LogP contribution >= 0.6 is 15.9 Å². The van der Waals surface area contributed by atoms with E-state index in [1.54, 1.807) is 6.07 Å². The summed E-state index contributed by atoms with van der Waals surface area (Å²) in [6, 6.07) is 3.68. The fraction of sp³-hybridized carbons (Fsp3) is 0.455. The first kappa shape index (κ1) is 11.5. The highest BCUT2D eigenvalue weighted by Crippen LogP contribution is 2.28. The monoisotopic (exact) mass is 257 g/mol. The second-order valence-electron chi connectivity index (χ2n) is 4.40. The van der Waals surface area contributed by atoms with Gasteiger partial charge in [0.25, 0.3) is 0 Å². The lowest BCUT2D eigenvalue weighted by Crippen LogP contribution is -2.34. The molecule has 0 fully saturated rings. The van der Waals surface area contributed by atoms with Crippen LogP contribution in [0.3, 0.4) is 0 Å². The summed E-state index contributed by atoms with van der Waals surface area (Å²) in [5.41, 5.74) is 7.93. The fourth-order valence-corrected chi connectivity index (χ4v) is 1.84. The van der Waals surface area contributed by atoms with Crippen molar-refractivity contribution in [3.8, 4) is 5.75 Å². The standard InChI is InChI=1S/C11H16BrNO/c1-7-4-9(12)10(14)5-8(7)6-11(2,3)13/h4-5,14H,6,13H2,1-3H3. The van der Waals surface area contributed by atoms with Crippen LogP contribution in [-0.2, 0) is 6.42 Å². The zero-order chi connectivity index (χ0) is 10.9.